The molecule has 14 nitrogen and oxygen atoms in total. The van der Waals surface area contributed by atoms with Crippen LogP contribution in [0, 0.1) is 20.2 Å². The summed E-state index contributed by atoms with van der Waals surface area (Å²) in [5, 5.41) is 29.5. The molecule has 1 N–H and O–H groups in total. The number of hydrogen-bond acceptors (Lipinski definition) is 10. The molecule has 2 bridgehead atoms. The van der Waals surface area contributed by atoms with Crippen molar-refractivity contribution in [3.05, 3.63) is 56.4 Å². The van der Waals surface area contributed by atoms with E-state index in [4.69, 9.17) is 9.47 Å². The topological polar surface area (TPSA) is 177 Å². The molecular formula is C15H13N7O7. The lowest BCUT2D eigenvalue weighted by Gasteiger charge is -2.26. The second-order valence-electron chi connectivity index (χ2n) is 6.24. The fourth-order valence-electron chi connectivity index (χ4n) is 3.06. The molecule has 2 aliphatic heterocycles. The number of aromatic nitrogens is 3. The number of carbonyl (C=O) groups excluding carboxylic acids is 1. The predicted molar refractivity (Wildman–Crippen MR) is 92.9 cm³/mol. The van der Waals surface area contributed by atoms with Gasteiger partial charge in [0.25, 0.3) is 11.6 Å². The summed E-state index contributed by atoms with van der Waals surface area (Å²) in [5.74, 6) is -1.18. The summed E-state index contributed by atoms with van der Waals surface area (Å²) in [6, 6.07) is 4.75. The molecule has 1 aromatic carbocycles. The number of nitro benzene ring substituents is 1. The summed E-state index contributed by atoms with van der Waals surface area (Å²) in [4.78, 5) is 36.2. The highest BCUT2D eigenvalue weighted by Crippen LogP contribution is 2.33. The van der Waals surface area contributed by atoms with Crippen molar-refractivity contribution in [1.82, 2.24) is 20.2 Å². The molecule has 3 heterocycles. The van der Waals surface area contributed by atoms with Gasteiger partial charge in [0, 0.05) is 29.2 Å². The van der Waals surface area contributed by atoms with Gasteiger partial charge in [-0.1, -0.05) is 11.1 Å². The number of benzene rings is 1. The highest BCUT2D eigenvalue weighted by Gasteiger charge is 2.44. The Morgan fingerprint density at radius 3 is 2.86 bits per heavy atom. The Kier molecular flexibility index (Phi) is 4.69. The number of nitrogens with zero attached hydrogens (tertiary/aromatic N) is 6. The van der Waals surface area contributed by atoms with Gasteiger partial charge >= 0.3 is 5.95 Å². The molecule has 1 amide bonds. The van der Waals surface area contributed by atoms with Crippen LogP contribution < -0.4 is 5.43 Å². The Balaban J connectivity index is 1.51. The van der Waals surface area contributed by atoms with E-state index in [0.29, 0.717) is 5.71 Å². The van der Waals surface area contributed by atoms with Gasteiger partial charge in [0.1, 0.15) is 12.1 Å². The molecule has 4 rings (SSSR count). The summed E-state index contributed by atoms with van der Waals surface area (Å²) in [6.45, 7) is 0.223. The van der Waals surface area contributed by atoms with E-state index >= 15 is 0 Å². The lowest BCUT2D eigenvalue weighted by molar-refractivity contribution is -0.394. The first-order valence-electron chi connectivity index (χ1n) is 8.36. The first-order chi connectivity index (χ1) is 13.9. The number of hydrogen-bond donors (Lipinski definition) is 1. The van der Waals surface area contributed by atoms with Crippen molar-refractivity contribution in [1.29, 1.82) is 0 Å². The standard InChI is InChI=1S/C15H13N7O7/c23-13(8-2-1-3-9(4-8)21(24)25)18-17-10-5-11(12-6-28-14(10)29-12)20-7-16-15(19-20)22(26)27/h1-4,7,11-12,14H,5-6H2,(H,18,23)/b17-10+/t11-,12-,14+/m0/s1. The lowest BCUT2D eigenvalue weighted by Crippen LogP contribution is -2.38. The Morgan fingerprint density at radius 1 is 1.31 bits per heavy atom. The maximum atomic E-state index is 12.3. The molecule has 0 saturated carbocycles. The molecule has 3 atom stereocenters. The molecule has 2 aromatic rings. The van der Waals surface area contributed by atoms with E-state index in [1.54, 1.807) is 0 Å². The zero-order chi connectivity index (χ0) is 20.5. The minimum Gasteiger partial charge on any atom is -0.390 e. The third kappa shape index (κ3) is 3.65. The van der Waals surface area contributed by atoms with Gasteiger partial charge in [-0.05, 0) is 11.0 Å². The number of nitrogens with one attached hydrogen (secondary N) is 1. The van der Waals surface area contributed by atoms with Gasteiger partial charge < -0.3 is 19.6 Å². The van der Waals surface area contributed by atoms with Crippen molar-refractivity contribution in [3.8, 4) is 0 Å². The van der Waals surface area contributed by atoms with Crippen molar-refractivity contribution in [3.63, 3.8) is 0 Å². The van der Waals surface area contributed by atoms with E-state index in [-0.39, 0.29) is 24.3 Å². The first-order valence-corrected chi connectivity index (χ1v) is 8.36. The first kappa shape index (κ1) is 18.6. The number of ether oxygens (including phenoxy) is 2. The highest BCUT2D eigenvalue weighted by atomic mass is 16.7. The van der Waals surface area contributed by atoms with Crippen LogP contribution in [-0.4, -0.2) is 55.2 Å². The Hall–Kier alpha value is -3.78. The van der Waals surface area contributed by atoms with Gasteiger partial charge in [-0.25, -0.2) is 5.43 Å². The molecule has 2 fully saturated rings. The van der Waals surface area contributed by atoms with Gasteiger partial charge in [-0.2, -0.15) is 9.78 Å². The summed E-state index contributed by atoms with van der Waals surface area (Å²) >= 11 is 0. The van der Waals surface area contributed by atoms with E-state index in [9.17, 15) is 25.0 Å². The third-order valence-corrected chi connectivity index (χ3v) is 4.45. The lowest BCUT2D eigenvalue weighted by atomic mass is 10.0. The van der Waals surface area contributed by atoms with Crippen LogP contribution in [0.3, 0.4) is 0 Å². The van der Waals surface area contributed by atoms with Crippen LogP contribution >= 0.6 is 0 Å². The maximum Gasteiger partial charge on any atom is 0.490 e. The second-order valence-corrected chi connectivity index (χ2v) is 6.24. The number of nitro groups is 2. The predicted octanol–water partition coefficient (Wildman–Crippen LogP) is 0.567. The average molecular weight is 403 g/mol. The molecular weight excluding hydrogens is 390 g/mol. The van der Waals surface area contributed by atoms with Gasteiger partial charge in [0.15, 0.2) is 6.29 Å². The van der Waals surface area contributed by atoms with Crippen molar-refractivity contribution in [2.75, 3.05) is 6.61 Å². The van der Waals surface area contributed by atoms with E-state index in [2.05, 4.69) is 20.6 Å². The van der Waals surface area contributed by atoms with E-state index in [1.807, 2.05) is 0 Å². The molecule has 2 saturated heterocycles. The molecule has 29 heavy (non-hydrogen) atoms. The van der Waals surface area contributed by atoms with E-state index < -0.39 is 40.1 Å². The zero-order valence-corrected chi connectivity index (χ0v) is 14.6. The van der Waals surface area contributed by atoms with Crippen molar-refractivity contribution in [2.45, 2.75) is 24.9 Å². The van der Waals surface area contributed by atoms with Crippen LogP contribution in [0.15, 0.2) is 35.7 Å². The number of fused-ring (bicyclic) bond motifs is 2. The number of non-ortho nitro benzene ring substituents is 1. The summed E-state index contributed by atoms with van der Waals surface area (Å²) in [7, 11) is 0. The number of carbonyl (C=O) groups is 1. The Morgan fingerprint density at radius 2 is 2.14 bits per heavy atom. The van der Waals surface area contributed by atoms with Gasteiger partial charge in [0.2, 0.25) is 6.33 Å². The van der Waals surface area contributed by atoms with Gasteiger partial charge in [-0.15, -0.1) is 0 Å². The molecule has 0 spiro atoms. The summed E-state index contributed by atoms with van der Waals surface area (Å²) in [6.07, 6.45) is 0.322. The summed E-state index contributed by atoms with van der Waals surface area (Å²) < 4.78 is 12.5. The Bertz CT molecular complexity index is 1020. The fraction of sp³-hybridized carbons (Fsp3) is 0.333. The number of amides is 1. The van der Waals surface area contributed by atoms with Crippen LogP contribution in [0.2, 0.25) is 0 Å². The monoisotopic (exact) mass is 403 g/mol. The van der Waals surface area contributed by atoms with E-state index in [0.717, 1.165) is 6.07 Å². The number of hydrazone groups is 1. The van der Waals surface area contributed by atoms with Crippen LogP contribution in [0.4, 0.5) is 11.6 Å². The second kappa shape index (κ2) is 7.33. The van der Waals surface area contributed by atoms with E-state index in [1.165, 1.54) is 29.2 Å². The largest absolute Gasteiger partial charge is 0.490 e. The third-order valence-electron chi connectivity index (χ3n) is 4.45. The molecule has 2 aliphatic rings. The SMILES string of the molecule is O=C(N/N=C1\C[C@H](n2cnc([N+](=O)[O-])n2)[C@@H]2CO[C@@H]1O2)c1cccc([N+](=O)[O-])c1. The Labute approximate surface area is 161 Å². The molecule has 0 aliphatic carbocycles. The zero-order valence-electron chi connectivity index (χ0n) is 14.6. The quantitative estimate of drug-likeness (QED) is 0.552. The van der Waals surface area contributed by atoms with Crippen molar-refractivity contribution >= 4 is 23.3 Å². The van der Waals surface area contributed by atoms with Gasteiger partial charge in [-0.3, -0.25) is 14.9 Å². The van der Waals surface area contributed by atoms with Crippen LogP contribution in [-0.2, 0) is 9.47 Å². The molecule has 0 radical (unpaired) electrons. The van der Waals surface area contributed by atoms with Crippen molar-refractivity contribution < 1.29 is 24.1 Å². The summed E-state index contributed by atoms with van der Waals surface area (Å²) in [5.41, 5.74) is 2.52. The molecule has 14 heteroatoms. The van der Waals surface area contributed by atoms with Crippen molar-refractivity contribution in [2.24, 2.45) is 5.10 Å². The molecule has 150 valence electrons. The van der Waals surface area contributed by atoms with Gasteiger partial charge in [0.05, 0.1) is 17.2 Å². The highest BCUT2D eigenvalue weighted by molar-refractivity contribution is 5.96. The minimum atomic E-state index is -0.764. The fourth-order valence-corrected chi connectivity index (χ4v) is 3.06. The van der Waals surface area contributed by atoms with Crippen LogP contribution in [0.1, 0.15) is 22.8 Å². The van der Waals surface area contributed by atoms with Crippen LogP contribution in [0.25, 0.3) is 0 Å². The molecule has 1 aromatic heterocycles. The average Bonchev–Trinajstić information content (AvgIpc) is 3.36. The smallest absolute Gasteiger partial charge is 0.390 e. The molecule has 0 unspecified atom stereocenters. The van der Waals surface area contributed by atoms with Crippen LogP contribution in [0.5, 0.6) is 0 Å². The number of rotatable bonds is 5. The maximum absolute atomic E-state index is 12.3. The minimum absolute atomic E-state index is 0.0638. The normalized spacial score (nSPS) is 24.4.